The number of hydrogen-bond donors (Lipinski definition) is 2. The van der Waals surface area contributed by atoms with Crippen LogP contribution in [0.1, 0.15) is 43.6 Å². The minimum atomic E-state index is 0.416. The van der Waals surface area contributed by atoms with Crippen molar-refractivity contribution in [2.45, 2.75) is 38.8 Å². The third-order valence-electron chi connectivity index (χ3n) is 6.40. The van der Waals surface area contributed by atoms with Crippen molar-refractivity contribution in [2.24, 2.45) is 0 Å². The third kappa shape index (κ3) is 4.18. The second-order valence-electron chi connectivity index (χ2n) is 9.07. The quantitative estimate of drug-likeness (QED) is 0.468. The van der Waals surface area contributed by atoms with E-state index < -0.39 is 0 Å². The van der Waals surface area contributed by atoms with E-state index in [1.807, 2.05) is 20.2 Å². The Morgan fingerprint density at radius 3 is 2.62 bits per heavy atom. The fourth-order valence-electron chi connectivity index (χ4n) is 4.63. The molecule has 166 valence electrons. The summed E-state index contributed by atoms with van der Waals surface area (Å²) in [6, 6.07) is 15.5. The summed E-state index contributed by atoms with van der Waals surface area (Å²) in [4.78, 5) is 9.32. The maximum Gasteiger partial charge on any atom is 0.181 e. The Bertz CT molecular complexity index is 1200. The molecule has 2 aromatic heterocycles. The van der Waals surface area contributed by atoms with Crippen LogP contribution in [-0.4, -0.2) is 62.4 Å². The van der Waals surface area contributed by atoms with Gasteiger partial charge in [0, 0.05) is 22.6 Å². The minimum absolute atomic E-state index is 0.416. The molecule has 0 bridgehead atoms. The van der Waals surface area contributed by atoms with Crippen molar-refractivity contribution in [3.63, 3.8) is 0 Å². The number of hydrogen-bond acceptors (Lipinski definition) is 5. The first-order valence-corrected chi connectivity index (χ1v) is 11.5. The van der Waals surface area contributed by atoms with E-state index in [0.717, 1.165) is 40.1 Å². The van der Waals surface area contributed by atoms with Gasteiger partial charge in [-0.1, -0.05) is 24.6 Å². The van der Waals surface area contributed by atoms with Crippen LogP contribution >= 0.6 is 0 Å². The topological polar surface area (TPSA) is 76.7 Å². The van der Waals surface area contributed by atoms with E-state index in [1.54, 1.807) is 0 Å². The van der Waals surface area contributed by atoms with Crippen LogP contribution in [-0.2, 0) is 6.54 Å². The summed E-state index contributed by atoms with van der Waals surface area (Å²) < 4.78 is 0. The molecule has 1 unspecified atom stereocenters. The number of H-pyrrole nitrogens is 2. The van der Waals surface area contributed by atoms with Gasteiger partial charge in [-0.05, 0) is 76.8 Å². The molecule has 1 saturated heterocycles. The average molecular weight is 430 g/mol. The van der Waals surface area contributed by atoms with Gasteiger partial charge in [0.2, 0.25) is 0 Å². The highest BCUT2D eigenvalue weighted by molar-refractivity contribution is 5.95. The fraction of sp³-hybridized carbons (Fsp3) is 0.400. The Hall–Kier alpha value is -3.03. The molecule has 0 aliphatic carbocycles. The van der Waals surface area contributed by atoms with Gasteiger partial charge in [-0.15, -0.1) is 0 Å². The minimum Gasteiger partial charge on any atom is -0.302 e. The van der Waals surface area contributed by atoms with Crippen LogP contribution in [0.3, 0.4) is 0 Å². The van der Waals surface area contributed by atoms with Gasteiger partial charge in [-0.25, -0.2) is 4.98 Å². The standard InChI is InChI=1S/C25H31N7/c1-17(32-12-5-4-6-13-32)18-8-7-9-19(14-18)24-21-15-20(10-11-22(21)27-29-24)25-26-23(28-30-25)16-31(2)3/h7-11,14-15,17H,4-6,12-13,16H2,1-3H3,(H,27,29)(H,26,28,30). The highest BCUT2D eigenvalue weighted by Crippen LogP contribution is 2.32. The first kappa shape index (κ1) is 20.8. The number of rotatable bonds is 6. The number of fused-ring (bicyclic) bond motifs is 1. The number of piperidine rings is 1. The van der Waals surface area contributed by atoms with Crippen molar-refractivity contribution in [1.82, 2.24) is 35.2 Å². The van der Waals surface area contributed by atoms with E-state index in [9.17, 15) is 0 Å². The molecule has 0 radical (unpaired) electrons. The van der Waals surface area contributed by atoms with Crippen LogP contribution in [0, 0.1) is 0 Å². The van der Waals surface area contributed by atoms with Crippen molar-refractivity contribution in [2.75, 3.05) is 27.2 Å². The molecule has 1 aliphatic heterocycles. The van der Waals surface area contributed by atoms with Crippen molar-refractivity contribution < 1.29 is 0 Å². The van der Waals surface area contributed by atoms with Gasteiger partial charge >= 0.3 is 0 Å². The van der Waals surface area contributed by atoms with Crippen LogP contribution < -0.4 is 0 Å². The number of aromatic amines is 2. The van der Waals surface area contributed by atoms with E-state index >= 15 is 0 Å². The molecule has 4 aromatic rings. The molecule has 5 rings (SSSR count). The van der Waals surface area contributed by atoms with Gasteiger partial charge in [0.15, 0.2) is 5.82 Å². The van der Waals surface area contributed by atoms with E-state index in [1.165, 1.54) is 37.9 Å². The number of aromatic nitrogens is 5. The van der Waals surface area contributed by atoms with Gasteiger partial charge in [-0.2, -0.15) is 10.2 Å². The van der Waals surface area contributed by atoms with Crippen LogP contribution in [0.5, 0.6) is 0 Å². The smallest absolute Gasteiger partial charge is 0.181 e. The third-order valence-corrected chi connectivity index (χ3v) is 6.40. The number of nitrogens with one attached hydrogen (secondary N) is 2. The van der Waals surface area contributed by atoms with E-state index in [-0.39, 0.29) is 0 Å². The molecule has 7 heteroatoms. The Morgan fingerprint density at radius 1 is 0.969 bits per heavy atom. The summed E-state index contributed by atoms with van der Waals surface area (Å²) in [6.45, 7) is 5.42. The van der Waals surface area contributed by atoms with Crippen molar-refractivity contribution in [3.05, 3.63) is 53.9 Å². The molecule has 1 atom stereocenters. The molecular formula is C25H31N7. The normalized spacial score (nSPS) is 16.1. The summed E-state index contributed by atoms with van der Waals surface area (Å²) in [5.41, 5.74) is 5.46. The summed E-state index contributed by atoms with van der Waals surface area (Å²) in [6.07, 6.45) is 3.95. The number of benzene rings is 2. The summed E-state index contributed by atoms with van der Waals surface area (Å²) >= 11 is 0. The molecule has 2 aromatic carbocycles. The van der Waals surface area contributed by atoms with E-state index in [4.69, 9.17) is 0 Å². The van der Waals surface area contributed by atoms with E-state index in [0.29, 0.717) is 11.9 Å². The van der Waals surface area contributed by atoms with Crippen molar-refractivity contribution in [1.29, 1.82) is 0 Å². The van der Waals surface area contributed by atoms with Crippen molar-refractivity contribution >= 4 is 10.9 Å². The second-order valence-corrected chi connectivity index (χ2v) is 9.07. The molecule has 32 heavy (non-hydrogen) atoms. The molecular weight excluding hydrogens is 398 g/mol. The highest BCUT2D eigenvalue weighted by atomic mass is 15.2. The monoisotopic (exact) mass is 429 g/mol. The highest BCUT2D eigenvalue weighted by Gasteiger charge is 2.19. The molecule has 0 saturated carbocycles. The predicted molar refractivity (Wildman–Crippen MR) is 128 cm³/mol. The summed E-state index contributed by atoms with van der Waals surface area (Å²) in [5, 5.41) is 16.4. The average Bonchev–Trinajstić information content (AvgIpc) is 3.45. The maximum atomic E-state index is 4.66. The Labute approximate surface area is 188 Å². The lowest BCUT2D eigenvalue weighted by molar-refractivity contribution is 0.175. The van der Waals surface area contributed by atoms with Crippen LogP contribution in [0.2, 0.25) is 0 Å². The fourth-order valence-corrected chi connectivity index (χ4v) is 4.63. The predicted octanol–water partition coefficient (Wildman–Crippen LogP) is 4.62. The largest absolute Gasteiger partial charge is 0.302 e. The molecule has 7 nitrogen and oxygen atoms in total. The Balaban J connectivity index is 1.47. The zero-order valence-electron chi connectivity index (χ0n) is 19.1. The summed E-state index contributed by atoms with van der Waals surface area (Å²) in [5.74, 6) is 1.57. The molecule has 1 fully saturated rings. The molecule has 0 amide bonds. The lowest BCUT2D eigenvalue weighted by Gasteiger charge is -2.32. The first-order valence-electron chi connectivity index (χ1n) is 11.5. The Morgan fingerprint density at radius 2 is 1.81 bits per heavy atom. The SMILES string of the molecule is CC(c1cccc(-c2n[nH]c3ccc(-c4n[nH]c(CN(C)C)n4)cc23)c1)N1CCCCC1. The van der Waals surface area contributed by atoms with Crippen molar-refractivity contribution in [3.8, 4) is 22.6 Å². The maximum absolute atomic E-state index is 4.66. The lowest BCUT2D eigenvalue weighted by Crippen LogP contribution is -2.32. The van der Waals surface area contributed by atoms with Gasteiger partial charge in [0.05, 0.1) is 17.8 Å². The van der Waals surface area contributed by atoms with Crippen LogP contribution in [0.15, 0.2) is 42.5 Å². The van der Waals surface area contributed by atoms with Gasteiger partial charge in [-0.3, -0.25) is 15.1 Å². The molecule has 0 spiro atoms. The lowest BCUT2D eigenvalue weighted by atomic mass is 9.99. The number of nitrogens with zero attached hydrogens (tertiary/aromatic N) is 5. The van der Waals surface area contributed by atoms with Crippen LogP contribution in [0.4, 0.5) is 0 Å². The zero-order valence-corrected chi connectivity index (χ0v) is 19.1. The zero-order chi connectivity index (χ0) is 22.1. The molecule has 2 N–H and O–H groups in total. The van der Waals surface area contributed by atoms with Crippen LogP contribution in [0.25, 0.3) is 33.5 Å². The number of likely N-dealkylation sites (tertiary alicyclic amines) is 1. The molecule has 1 aliphatic rings. The second kappa shape index (κ2) is 8.84. The van der Waals surface area contributed by atoms with Gasteiger partial charge < -0.3 is 4.90 Å². The van der Waals surface area contributed by atoms with E-state index in [2.05, 4.69) is 78.5 Å². The Kier molecular flexibility index (Phi) is 5.76. The van der Waals surface area contributed by atoms with Gasteiger partial charge in [0.1, 0.15) is 5.82 Å². The van der Waals surface area contributed by atoms with Gasteiger partial charge in [0.25, 0.3) is 0 Å². The molecule has 3 heterocycles. The summed E-state index contributed by atoms with van der Waals surface area (Å²) in [7, 11) is 4.04. The first-order chi connectivity index (χ1) is 15.6.